The lowest BCUT2D eigenvalue weighted by molar-refractivity contribution is -0.135. The highest BCUT2D eigenvalue weighted by atomic mass is 32.1. The van der Waals surface area contributed by atoms with E-state index in [1.54, 1.807) is 29.7 Å². The molecule has 4 rings (SSSR count). The van der Waals surface area contributed by atoms with Crippen LogP contribution in [-0.2, 0) is 17.8 Å². The summed E-state index contributed by atoms with van der Waals surface area (Å²) in [6, 6.07) is 13.1. The van der Waals surface area contributed by atoms with Crippen LogP contribution in [0.25, 0.3) is 0 Å². The number of nitrogens with one attached hydrogen (secondary N) is 1. The molecule has 3 heterocycles. The summed E-state index contributed by atoms with van der Waals surface area (Å²) in [4.78, 5) is 30.7. The first-order chi connectivity index (χ1) is 16.0. The summed E-state index contributed by atoms with van der Waals surface area (Å²) in [5.74, 6) is 1.30. The number of thiophene rings is 1. The van der Waals surface area contributed by atoms with Gasteiger partial charge in [-0.3, -0.25) is 4.79 Å². The second-order valence-corrected chi connectivity index (χ2v) is 9.05. The van der Waals surface area contributed by atoms with Crippen molar-refractivity contribution in [1.82, 2.24) is 15.1 Å². The van der Waals surface area contributed by atoms with Crippen molar-refractivity contribution in [2.45, 2.75) is 32.9 Å². The van der Waals surface area contributed by atoms with Gasteiger partial charge in [0.1, 0.15) is 24.7 Å². The van der Waals surface area contributed by atoms with Gasteiger partial charge in [0.05, 0.1) is 18.8 Å². The van der Waals surface area contributed by atoms with Crippen LogP contribution in [0.5, 0.6) is 5.75 Å². The van der Waals surface area contributed by atoms with Crippen molar-refractivity contribution in [3.05, 3.63) is 75.9 Å². The fourth-order valence-corrected chi connectivity index (χ4v) is 4.92. The molecule has 174 valence electrons. The molecule has 3 amide bonds. The molecule has 0 radical (unpaired) electrons. The average Bonchev–Trinajstić information content (AvgIpc) is 3.50. The Balaban J connectivity index is 1.50. The molecular weight excluding hydrogens is 438 g/mol. The SMILES string of the molecule is CCNC(=O)N(CC(=O)N1CCc2sccc2[C@@H]1COc1ccc(C)cc1)Cc1ccco1. The fourth-order valence-electron chi connectivity index (χ4n) is 3.99. The van der Waals surface area contributed by atoms with Gasteiger partial charge in [-0.15, -0.1) is 11.3 Å². The number of hydrogen-bond donors (Lipinski definition) is 1. The Morgan fingerprint density at radius 1 is 1.24 bits per heavy atom. The second-order valence-electron chi connectivity index (χ2n) is 8.05. The van der Waals surface area contributed by atoms with Gasteiger partial charge in [0.2, 0.25) is 5.91 Å². The number of furan rings is 1. The molecule has 0 fully saturated rings. The molecule has 8 heteroatoms. The fraction of sp³-hybridized carbons (Fsp3) is 0.360. The van der Waals surface area contributed by atoms with Crippen LogP contribution in [0, 0.1) is 6.92 Å². The van der Waals surface area contributed by atoms with Gasteiger partial charge >= 0.3 is 6.03 Å². The molecule has 1 N–H and O–H groups in total. The van der Waals surface area contributed by atoms with E-state index < -0.39 is 0 Å². The molecule has 33 heavy (non-hydrogen) atoms. The van der Waals surface area contributed by atoms with E-state index in [0.29, 0.717) is 25.5 Å². The van der Waals surface area contributed by atoms with Crippen LogP contribution in [-0.4, -0.2) is 48.0 Å². The summed E-state index contributed by atoms with van der Waals surface area (Å²) < 4.78 is 11.5. The molecule has 1 aromatic carbocycles. The minimum Gasteiger partial charge on any atom is -0.491 e. The normalized spacial score (nSPS) is 15.1. The van der Waals surface area contributed by atoms with Crippen molar-refractivity contribution in [2.75, 3.05) is 26.2 Å². The van der Waals surface area contributed by atoms with Gasteiger partial charge in [-0.2, -0.15) is 0 Å². The smallest absolute Gasteiger partial charge is 0.318 e. The first-order valence-corrected chi connectivity index (χ1v) is 12.0. The lowest BCUT2D eigenvalue weighted by atomic mass is 10.0. The predicted molar refractivity (Wildman–Crippen MR) is 127 cm³/mol. The van der Waals surface area contributed by atoms with Crippen LogP contribution in [0.15, 0.2) is 58.5 Å². The largest absolute Gasteiger partial charge is 0.491 e. The van der Waals surface area contributed by atoms with E-state index >= 15 is 0 Å². The maximum atomic E-state index is 13.5. The van der Waals surface area contributed by atoms with Crippen molar-refractivity contribution in [2.24, 2.45) is 0 Å². The van der Waals surface area contributed by atoms with E-state index in [1.807, 2.05) is 43.0 Å². The average molecular weight is 468 g/mol. The molecule has 2 aromatic heterocycles. The Kier molecular flexibility index (Phi) is 7.34. The van der Waals surface area contributed by atoms with Gasteiger partial charge in [-0.1, -0.05) is 17.7 Å². The van der Waals surface area contributed by atoms with Gasteiger partial charge in [0.25, 0.3) is 0 Å². The highest BCUT2D eigenvalue weighted by Gasteiger charge is 2.33. The minimum atomic E-state index is -0.289. The highest BCUT2D eigenvalue weighted by molar-refractivity contribution is 7.10. The number of carbonyl (C=O) groups is 2. The van der Waals surface area contributed by atoms with Gasteiger partial charge in [0.15, 0.2) is 0 Å². The standard InChI is InChI=1S/C25H29N3O4S/c1-3-26-25(30)27(15-20-5-4-13-31-20)16-24(29)28-12-10-23-21(11-14-33-23)22(28)17-32-19-8-6-18(2)7-9-19/h4-9,11,13-14,22H,3,10,12,15-17H2,1-2H3,(H,26,30)/t22-/m0/s1. The minimum absolute atomic E-state index is 0.0347. The molecule has 0 bridgehead atoms. The maximum Gasteiger partial charge on any atom is 0.318 e. The molecule has 1 atom stereocenters. The molecule has 1 aliphatic heterocycles. The van der Waals surface area contributed by atoms with E-state index in [2.05, 4.69) is 16.8 Å². The molecule has 0 saturated heterocycles. The Morgan fingerprint density at radius 3 is 2.79 bits per heavy atom. The summed E-state index contributed by atoms with van der Waals surface area (Å²) in [6.45, 7) is 5.52. The van der Waals surface area contributed by atoms with E-state index in [0.717, 1.165) is 17.7 Å². The van der Waals surface area contributed by atoms with Crippen LogP contribution >= 0.6 is 11.3 Å². The van der Waals surface area contributed by atoms with Crippen LogP contribution < -0.4 is 10.1 Å². The number of hydrogen-bond acceptors (Lipinski definition) is 5. The number of benzene rings is 1. The Bertz CT molecular complexity index is 1060. The molecule has 7 nitrogen and oxygen atoms in total. The number of rotatable bonds is 8. The number of nitrogens with zero attached hydrogens (tertiary/aromatic N) is 2. The molecule has 0 unspecified atom stereocenters. The number of ether oxygens (including phenoxy) is 1. The lowest BCUT2D eigenvalue weighted by Gasteiger charge is -2.37. The van der Waals surface area contributed by atoms with E-state index in [4.69, 9.17) is 9.15 Å². The zero-order valence-electron chi connectivity index (χ0n) is 19.0. The first kappa shape index (κ1) is 22.9. The third kappa shape index (κ3) is 5.57. The molecule has 0 saturated carbocycles. The summed E-state index contributed by atoms with van der Waals surface area (Å²) in [6.07, 6.45) is 2.37. The first-order valence-electron chi connectivity index (χ1n) is 11.2. The van der Waals surface area contributed by atoms with Crippen molar-refractivity contribution >= 4 is 23.3 Å². The summed E-state index contributed by atoms with van der Waals surface area (Å²) in [5.41, 5.74) is 2.29. The van der Waals surface area contributed by atoms with Crippen molar-refractivity contribution in [1.29, 1.82) is 0 Å². The van der Waals surface area contributed by atoms with Crippen molar-refractivity contribution in [3.8, 4) is 5.75 Å². The molecule has 3 aromatic rings. The zero-order valence-corrected chi connectivity index (χ0v) is 19.8. The summed E-state index contributed by atoms with van der Waals surface area (Å²) >= 11 is 1.71. The monoisotopic (exact) mass is 467 g/mol. The number of carbonyl (C=O) groups excluding carboxylic acids is 2. The van der Waals surface area contributed by atoms with Crippen LogP contribution in [0.2, 0.25) is 0 Å². The van der Waals surface area contributed by atoms with Crippen LogP contribution in [0.1, 0.15) is 34.7 Å². The zero-order chi connectivity index (χ0) is 23.2. The van der Waals surface area contributed by atoms with Gasteiger partial charge in [-0.25, -0.2) is 4.79 Å². The third-order valence-corrected chi connectivity index (χ3v) is 6.71. The molecule has 0 aliphatic carbocycles. The Hall–Kier alpha value is -3.26. The molecular formula is C25H29N3O4S. The molecule has 1 aliphatic rings. The van der Waals surface area contributed by atoms with Gasteiger partial charge in [0, 0.05) is 18.0 Å². The van der Waals surface area contributed by atoms with Gasteiger partial charge < -0.3 is 24.3 Å². The summed E-state index contributed by atoms with van der Waals surface area (Å²) in [7, 11) is 0. The molecule has 0 spiro atoms. The number of fused-ring (bicyclic) bond motifs is 1. The van der Waals surface area contributed by atoms with Gasteiger partial charge in [-0.05, 0) is 61.5 Å². The van der Waals surface area contributed by atoms with Crippen LogP contribution in [0.3, 0.4) is 0 Å². The van der Waals surface area contributed by atoms with Crippen LogP contribution in [0.4, 0.5) is 4.79 Å². The summed E-state index contributed by atoms with van der Waals surface area (Å²) in [5, 5.41) is 4.86. The van der Waals surface area contributed by atoms with Crippen molar-refractivity contribution in [3.63, 3.8) is 0 Å². The van der Waals surface area contributed by atoms with E-state index in [1.165, 1.54) is 15.3 Å². The second kappa shape index (κ2) is 10.6. The maximum absolute atomic E-state index is 13.5. The third-order valence-electron chi connectivity index (χ3n) is 5.71. The van der Waals surface area contributed by atoms with Crippen molar-refractivity contribution < 1.29 is 18.7 Å². The number of urea groups is 1. The number of aryl methyl sites for hydroxylation is 1. The highest BCUT2D eigenvalue weighted by Crippen LogP contribution is 2.34. The Morgan fingerprint density at radius 2 is 2.06 bits per heavy atom. The van der Waals surface area contributed by atoms with E-state index in [-0.39, 0.29) is 31.1 Å². The predicted octanol–water partition coefficient (Wildman–Crippen LogP) is 4.39. The van der Waals surface area contributed by atoms with E-state index in [9.17, 15) is 9.59 Å². The quantitative estimate of drug-likeness (QED) is 0.533. The number of amides is 3. The topological polar surface area (TPSA) is 75.0 Å². The lowest BCUT2D eigenvalue weighted by Crippen LogP contribution is -2.49. The Labute approximate surface area is 197 Å².